The number of anilines is 1. The zero-order chi connectivity index (χ0) is 16.3. The Morgan fingerprint density at radius 2 is 1.78 bits per heavy atom. The van der Waals surface area contributed by atoms with Crippen LogP contribution >= 0.6 is 0 Å². The van der Waals surface area contributed by atoms with Crippen LogP contribution in [0.15, 0.2) is 54.6 Å². The van der Waals surface area contributed by atoms with Crippen molar-refractivity contribution >= 4 is 5.69 Å². The fourth-order valence-corrected chi connectivity index (χ4v) is 3.23. The highest BCUT2D eigenvalue weighted by Crippen LogP contribution is 2.25. The van der Waals surface area contributed by atoms with Crippen molar-refractivity contribution in [1.29, 1.82) is 0 Å². The first-order valence-corrected chi connectivity index (χ1v) is 8.38. The Morgan fingerprint density at radius 3 is 2.43 bits per heavy atom. The summed E-state index contributed by atoms with van der Waals surface area (Å²) in [5.41, 5.74) is 2.78. The zero-order valence-corrected chi connectivity index (χ0v) is 14.0. The van der Waals surface area contributed by atoms with Crippen LogP contribution in [0.4, 0.5) is 5.69 Å². The highest BCUT2D eigenvalue weighted by Gasteiger charge is 2.23. The largest absolute Gasteiger partial charge is 0.386 e. The Labute approximate surface area is 139 Å². The van der Waals surface area contributed by atoms with E-state index in [2.05, 4.69) is 52.7 Å². The Morgan fingerprint density at radius 1 is 1.09 bits per heavy atom. The van der Waals surface area contributed by atoms with Crippen LogP contribution in [0, 0.1) is 0 Å². The lowest BCUT2D eigenvalue weighted by Gasteiger charge is -2.38. The number of hydrogen-bond donors (Lipinski definition) is 2. The van der Waals surface area contributed by atoms with E-state index >= 15 is 0 Å². The standard InChI is InChI=1S/C20H26N2O/c1-20(2,23)17-8-10-18(11-9-17)22-13-12-21-15-19(22)14-16-6-4-3-5-7-16/h3-11,19,21,23H,12-15H2,1-2H3/t19-/m0/s1. The summed E-state index contributed by atoms with van der Waals surface area (Å²) in [7, 11) is 0. The molecule has 0 amide bonds. The van der Waals surface area contributed by atoms with E-state index in [0.29, 0.717) is 6.04 Å². The van der Waals surface area contributed by atoms with Gasteiger partial charge in [-0.05, 0) is 43.5 Å². The van der Waals surface area contributed by atoms with E-state index in [1.807, 2.05) is 26.0 Å². The second kappa shape index (κ2) is 6.73. The molecule has 0 saturated carbocycles. The van der Waals surface area contributed by atoms with Gasteiger partial charge >= 0.3 is 0 Å². The van der Waals surface area contributed by atoms with E-state index in [4.69, 9.17) is 0 Å². The van der Waals surface area contributed by atoms with Gasteiger partial charge in [0, 0.05) is 31.4 Å². The van der Waals surface area contributed by atoms with Gasteiger partial charge < -0.3 is 15.3 Å². The lowest BCUT2D eigenvalue weighted by Crippen LogP contribution is -2.52. The Balaban J connectivity index is 1.78. The van der Waals surface area contributed by atoms with Crippen molar-refractivity contribution in [2.24, 2.45) is 0 Å². The van der Waals surface area contributed by atoms with Gasteiger partial charge in [-0.15, -0.1) is 0 Å². The highest BCUT2D eigenvalue weighted by molar-refractivity contribution is 5.50. The Bertz CT molecular complexity index is 616. The number of rotatable bonds is 4. The van der Waals surface area contributed by atoms with E-state index in [1.165, 1.54) is 11.3 Å². The minimum absolute atomic E-state index is 0.458. The normalized spacial score (nSPS) is 18.9. The molecule has 3 rings (SSSR count). The van der Waals surface area contributed by atoms with Crippen LogP contribution in [-0.4, -0.2) is 30.8 Å². The van der Waals surface area contributed by atoms with Crippen LogP contribution in [-0.2, 0) is 12.0 Å². The smallest absolute Gasteiger partial charge is 0.0840 e. The molecule has 1 saturated heterocycles. The molecule has 0 bridgehead atoms. The maximum absolute atomic E-state index is 10.1. The molecule has 122 valence electrons. The number of nitrogens with one attached hydrogen (secondary N) is 1. The molecule has 1 aliphatic rings. The van der Waals surface area contributed by atoms with Gasteiger partial charge in [0.2, 0.25) is 0 Å². The Kier molecular flexibility index (Phi) is 4.69. The van der Waals surface area contributed by atoms with Crippen LogP contribution in [0.3, 0.4) is 0 Å². The molecule has 1 fully saturated rings. The SMILES string of the molecule is CC(C)(O)c1ccc(N2CCNC[C@@H]2Cc2ccccc2)cc1. The summed E-state index contributed by atoms with van der Waals surface area (Å²) in [6.45, 7) is 6.68. The van der Waals surface area contributed by atoms with Crippen molar-refractivity contribution in [1.82, 2.24) is 5.32 Å². The molecule has 1 heterocycles. The molecule has 3 heteroatoms. The number of piperazine rings is 1. The molecule has 0 unspecified atom stereocenters. The number of nitrogens with zero attached hydrogens (tertiary/aromatic N) is 1. The minimum atomic E-state index is -0.786. The van der Waals surface area contributed by atoms with Gasteiger partial charge in [-0.1, -0.05) is 42.5 Å². The van der Waals surface area contributed by atoms with Gasteiger partial charge in [-0.2, -0.15) is 0 Å². The summed E-state index contributed by atoms with van der Waals surface area (Å²) >= 11 is 0. The molecule has 0 spiro atoms. The zero-order valence-electron chi connectivity index (χ0n) is 14.0. The van der Waals surface area contributed by atoms with E-state index in [9.17, 15) is 5.11 Å². The summed E-state index contributed by atoms with van der Waals surface area (Å²) in [5, 5.41) is 13.6. The molecule has 1 atom stereocenters. The monoisotopic (exact) mass is 310 g/mol. The number of benzene rings is 2. The second-order valence-corrected chi connectivity index (χ2v) is 6.85. The molecule has 2 N–H and O–H groups in total. The topological polar surface area (TPSA) is 35.5 Å². The second-order valence-electron chi connectivity index (χ2n) is 6.85. The lowest BCUT2D eigenvalue weighted by atomic mass is 9.97. The first-order chi connectivity index (χ1) is 11.0. The average Bonchev–Trinajstić information content (AvgIpc) is 2.56. The van der Waals surface area contributed by atoms with Gasteiger partial charge in [0.15, 0.2) is 0 Å². The van der Waals surface area contributed by atoms with Gasteiger partial charge in [0.05, 0.1) is 5.60 Å². The molecule has 23 heavy (non-hydrogen) atoms. The van der Waals surface area contributed by atoms with Crippen molar-refractivity contribution < 1.29 is 5.11 Å². The van der Waals surface area contributed by atoms with E-state index in [0.717, 1.165) is 31.6 Å². The maximum Gasteiger partial charge on any atom is 0.0840 e. The Hall–Kier alpha value is -1.84. The molecule has 2 aromatic rings. The van der Waals surface area contributed by atoms with Crippen LogP contribution in [0.5, 0.6) is 0 Å². The molecular weight excluding hydrogens is 284 g/mol. The lowest BCUT2D eigenvalue weighted by molar-refractivity contribution is 0.0786. The summed E-state index contributed by atoms with van der Waals surface area (Å²) in [6.07, 6.45) is 1.04. The van der Waals surface area contributed by atoms with Gasteiger partial charge in [-0.3, -0.25) is 0 Å². The summed E-state index contributed by atoms with van der Waals surface area (Å²) in [5.74, 6) is 0. The third-order valence-corrected chi connectivity index (χ3v) is 4.57. The quantitative estimate of drug-likeness (QED) is 0.911. The van der Waals surface area contributed by atoms with Gasteiger partial charge in [0.1, 0.15) is 0 Å². The van der Waals surface area contributed by atoms with Crippen molar-refractivity contribution in [2.45, 2.75) is 31.9 Å². The van der Waals surface area contributed by atoms with Crippen molar-refractivity contribution in [3.63, 3.8) is 0 Å². The maximum atomic E-state index is 10.1. The molecule has 0 aliphatic carbocycles. The molecule has 1 aliphatic heterocycles. The van der Waals surface area contributed by atoms with E-state index < -0.39 is 5.60 Å². The van der Waals surface area contributed by atoms with Crippen LogP contribution in [0.1, 0.15) is 25.0 Å². The van der Waals surface area contributed by atoms with Crippen molar-refractivity contribution in [2.75, 3.05) is 24.5 Å². The fourth-order valence-electron chi connectivity index (χ4n) is 3.23. The molecule has 2 aromatic carbocycles. The van der Waals surface area contributed by atoms with Crippen LogP contribution in [0.2, 0.25) is 0 Å². The first-order valence-electron chi connectivity index (χ1n) is 8.38. The van der Waals surface area contributed by atoms with E-state index in [1.54, 1.807) is 0 Å². The predicted molar refractivity (Wildman–Crippen MR) is 95.8 cm³/mol. The fraction of sp³-hybridized carbons (Fsp3) is 0.400. The first kappa shape index (κ1) is 16.0. The van der Waals surface area contributed by atoms with E-state index in [-0.39, 0.29) is 0 Å². The third-order valence-electron chi connectivity index (χ3n) is 4.57. The third kappa shape index (κ3) is 3.92. The van der Waals surface area contributed by atoms with Crippen LogP contribution < -0.4 is 10.2 Å². The van der Waals surface area contributed by atoms with Gasteiger partial charge in [-0.25, -0.2) is 0 Å². The van der Waals surface area contributed by atoms with Gasteiger partial charge in [0.25, 0.3) is 0 Å². The molecule has 0 aromatic heterocycles. The molecule has 3 nitrogen and oxygen atoms in total. The summed E-state index contributed by atoms with van der Waals surface area (Å²) in [4.78, 5) is 2.48. The number of aliphatic hydroxyl groups is 1. The predicted octanol–water partition coefficient (Wildman–Crippen LogP) is 2.93. The minimum Gasteiger partial charge on any atom is -0.386 e. The molecular formula is C20H26N2O. The average molecular weight is 310 g/mol. The van der Waals surface area contributed by atoms with Crippen molar-refractivity contribution in [3.05, 3.63) is 65.7 Å². The van der Waals surface area contributed by atoms with Crippen LogP contribution in [0.25, 0.3) is 0 Å². The molecule has 0 radical (unpaired) electrons. The summed E-state index contributed by atoms with van der Waals surface area (Å²) in [6, 6.07) is 19.5. The van der Waals surface area contributed by atoms with Crippen molar-refractivity contribution in [3.8, 4) is 0 Å². The summed E-state index contributed by atoms with van der Waals surface area (Å²) < 4.78 is 0. The number of hydrogen-bond acceptors (Lipinski definition) is 3. The highest BCUT2D eigenvalue weighted by atomic mass is 16.3.